The molecule has 1 saturated carbocycles. The zero-order chi connectivity index (χ0) is 24.1. The van der Waals surface area contributed by atoms with Crippen LogP contribution in [0, 0.1) is 23.7 Å². The fourth-order valence-corrected chi connectivity index (χ4v) is 4.11. The van der Waals surface area contributed by atoms with Crippen LogP contribution in [0.2, 0.25) is 0 Å². The van der Waals surface area contributed by atoms with Gasteiger partial charge in [0.1, 0.15) is 24.6 Å². The Morgan fingerprint density at radius 1 is 1.00 bits per heavy atom. The monoisotopic (exact) mass is 458 g/mol. The van der Waals surface area contributed by atoms with E-state index in [0.29, 0.717) is 0 Å². The molecule has 2 N–H and O–H groups in total. The second-order valence-electron chi connectivity index (χ2n) is 9.63. The van der Waals surface area contributed by atoms with E-state index in [2.05, 4.69) is 10.6 Å². The van der Waals surface area contributed by atoms with Crippen LogP contribution in [0.5, 0.6) is 0 Å². The van der Waals surface area contributed by atoms with Crippen molar-refractivity contribution < 1.29 is 28.7 Å². The number of nitrogens with one attached hydrogen (secondary N) is 2. The van der Waals surface area contributed by atoms with E-state index in [1.807, 2.05) is 44.2 Å². The van der Waals surface area contributed by atoms with Gasteiger partial charge in [0.25, 0.3) is 5.91 Å². The van der Waals surface area contributed by atoms with Crippen molar-refractivity contribution in [2.45, 2.75) is 71.8 Å². The van der Waals surface area contributed by atoms with Crippen molar-refractivity contribution in [2.24, 2.45) is 23.7 Å². The molecule has 1 aromatic carbocycles. The molecule has 0 aromatic heterocycles. The van der Waals surface area contributed by atoms with Crippen LogP contribution in [-0.2, 0) is 35.3 Å². The number of rotatable bonds is 10. The van der Waals surface area contributed by atoms with Crippen LogP contribution in [-0.4, -0.2) is 41.9 Å². The van der Waals surface area contributed by atoms with E-state index >= 15 is 0 Å². The normalized spacial score (nSPS) is 21.9. The first-order valence-electron chi connectivity index (χ1n) is 11.7. The van der Waals surface area contributed by atoms with Gasteiger partial charge in [0, 0.05) is 0 Å². The third kappa shape index (κ3) is 5.92. The summed E-state index contributed by atoms with van der Waals surface area (Å²) in [4.78, 5) is 50.4. The second kappa shape index (κ2) is 10.8. The minimum atomic E-state index is -0.873. The lowest BCUT2D eigenvalue weighted by atomic mass is 9.71. The minimum Gasteiger partial charge on any atom is -0.459 e. The van der Waals surface area contributed by atoms with Gasteiger partial charge in [-0.1, -0.05) is 64.4 Å². The van der Waals surface area contributed by atoms with Crippen LogP contribution in [0.4, 0.5) is 0 Å². The fourth-order valence-electron chi connectivity index (χ4n) is 4.11. The van der Waals surface area contributed by atoms with Crippen LogP contribution in [0.25, 0.3) is 0 Å². The fraction of sp³-hybridized carbons (Fsp3) is 0.600. The van der Waals surface area contributed by atoms with E-state index in [9.17, 15) is 19.2 Å². The van der Waals surface area contributed by atoms with Gasteiger partial charge >= 0.3 is 11.9 Å². The maximum absolute atomic E-state index is 13.0. The maximum atomic E-state index is 13.0. The lowest BCUT2D eigenvalue weighted by molar-refractivity contribution is -0.197. The molecule has 1 saturated heterocycles. The van der Waals surface area contributed by atoms with Crippen LogP contribution in [0.15, 0.2) is 30.3 Å². The summed E-state index contributed by atoms with van der Waals surface area (Å²) < 4.78 is 10.5. The smallest absolute Gasteiger partial charge is 0.329 e. The van der Waals surface area contributed by atoms with Crippen molar-refractivity contribution in [3.63, 3.8) is 0 Å². The van der Waals surface area contributed by atoms with Crippen LogP contribution in [0.3, 0.4) is 0 Å². The maximum Gasteiger partial charge on any atom is 0.329 e. The van der Waals surface area contributed by atoms with Gasteiger partial charge in [-0.3, -0.25) is 14.4 Å². The van der Waals surface area contributed by atoms with Gasteiger partial charge in [0.2, 0.25) is 5.91 Å². The highest BCUT2D eigenvalue weighted by atomic mass is 16.6. The molecule has 0 spiro atoms. The summed E-state index contributed by atoms with van der Waals surface area (Å²) in [5.74, 6) is -2.51. The van der Waals surface area contributed by atoms with Gasteiger partial charge in [-0.2, -0.15) is 0 Å². The molecule has 0 bridgehead atoms. The highest BCUT2D eigenvalue weighted by Gasteiger charge is 2.53. The zero-order valence-corrected chi connectivity index (χ0v) is 19.7. The summed E-state index contributed by atoms with van der Waals surface area (Å²) in [6, 6.07) is 7.56. The summed E-state index contributed by atoms with van der Waals surface area (Å²) in [6.07, 6.45) is 2.03. The van der Waals surface area contributed by atoms with Crippen LogP contribution < -0.4 is 10.6 Å². The first-order chi connectivity index (χ1) is 15.7. The number of ether oxygens (including phenoxy) is 2. The lowest BCUT2D eigenvalue weighted by Crippen LogP contribution is -2.62. The van der Waals surface area contributed by atoms with Crippen molar-refractivity contribution >= 4 is 23.8 Å². The number of carbonyl (C=O) groups excluding carboxylic acids is 4. The molecular formula is C25H34N2O6. The van der Waals surface area contributed by atoms with Crippen molar-refractivity contribution in [2.75, 3.05) is 0 Å². The predicted octanol–water partition coefficient (Wildman–Crippen LogP) is 2.35. The molecule has 0 radical (unpaired) electrons. The molecule has 1 aliphatic carbocycles. The van der Waals surface area contributed by atoms with Crippen molar-refractivity contribution in [3.05, 3.63) is 35.9 Å². The molecule has 8 nitrogen and oxygen atoms in total. The number of hydrogen-bond donors (Lipinski definition) is 2. The Kier molecular flexibility index (Phi) is 8.10. The SMILES string of the molecule is CC(C)[C@H](NC(=O)[C@@H]1OC(=O)[C@H]1C1CCC1)C(=O)N[C@H](C(=O)OCc1ccccc1)C(C)C. The zero-order valence-electron chi connectivity index (χ0n) is 19.7. The summed E-state index contributed by atoms with van der Waals surface area (Å²) in [6.45, 7) is 7.35. The van der Waals surface area contributed by atoms with E-state index in [1.54, 1.807) is 13.8 Å². The molecular weight excluding hydrogens is 424 g/mol. The van der Waals surface area contributed by atoms with Gasteiger partial charge in [0.05, 0.1) is 0 Å². The highest BCUT2D eigenvalue weighted by Crippen LogP contribution is 2.41. The van der Waals surface area contributed by atoms with Crippen LogP contribution in [0.1, 0.15) is 52.5 Å². The Bertz CT molecular complexity index is 865. The molecule has 0 unspecified atom stereocenters. The second-order valence-corrected chi connectivity index (χ2v) is 9.63. The average Bonchev–Trinajstić information content (AvgIpc) is 2.74. The Balaban J connectivity index is 1.59. The first kappa shape index (κ1) is 24.7. The molecule has 1 aliphatic heterocycles. The highest BCUT2D eigenvalue weighted by molar-refractivity contribution is 5.97. The number of esters is 2. The molecule has 2 amide bonds. The summed E-state index contributed by atoms with van der Waals surface area (Å²) >= 11 is 0. The largest absolute Gasteiger partial charge is 0.459 e. The molecule has 2 fully saturated rings. The van der Waals surface area contributed by atoms with E-state index in [0.717, 1.165) is 24.8 Å². The van der Waals surface area contributed by atoms with Crippen LogP contribution >= 0.6 is 0 Å². The van der Waals surface area contributed by atoms with E-state index < -0.39 is 41.9 Å². The Morgan fingerprint density at radius 3 is 2.15 bits per heavy atom. The van der Waals surface area contributed by atoms with E-state index in [-0.39, 0.29) is 30.3 Å². The molecule has 2 aliphatic rings. The first-order valence-corrected chi connectivity index (χ1v) is 11.7. The van der Waals surface area contributed by atoms with Crippen molar-refractivity contribution in [3.8, 4) is 0 Å². The Labute approximate surface area is 194 Å². The topological polar surface area (TPSA) is 111 Å². The van der Waals surface area contributed by atoms with Gasteiger partial charge in [-0.05, 0) is 36.2 Å². The summed E-state index contributed by atoms with van der Waals surface area (Å²) in [5, 5.41) is 5.48. The number of benzene rings is 1. The van der Waals surface area contributed by atoms with Crippen molar-refractivity contribution in [1.82, 2.24) is 10.6 Å². The molecule has 8 heteroatoms. The van der Waals surface area contributed by atoms with E-state index in [1.165, 1.54) is 0 Å². The molecule has 180 valence electrons. The number of hydrogen-bond acceptors (Lipinski definition) is 6. The van der Waals surface area contributed by atoms with Gasteiger partial charge < -0.3 is 20.1 Å². The van der Waals surface area contributed by atoms with Gasteiger partial charge in [0.15, 0.2) is 6.10 Å². The quantitative estimate of drug-likeness (QED) is 0.521. The summed E-state index contributed by atoms with van der Waals surface area (Å²) in [5.41, 5.74) is 0.850. The van der Waals surface area contributed by atoms with Crippen molar-refractivity contribution in [1.29, 1.82) is 0 Å². The molecule has 1 aromatic rings. The molecule has 1 heterocycles. The number of carbonyl (C=O) groups is 4. The average molecular weight is 459 g/mol. The number of amides is 2. The third-order valence-corrected chi connectivity index (χ3v) is 6.45. The standard InChI is InChI=1S/C25H34N2O6/c1-14(2)19(26-23(29)21-18(24(30)33-21)17-11-8-12-17)22(28)27-20(15(3)4)25(31)32-13-16-9-6-5-7-10-16/h5-7,9-10,14-15,17-21H,8,11-13H2,1-4H3,(H,26,29)(H,27,28)/t18-,19-,20-,21+/m0/s1. The molecule has 4 atom stereocenters. The molecule has 3 rings (SSSR count). The van der Waals surface area contributed by atoms with E-state index in [4.69, 9.17) is 9.47 Å². The minimum absolute atomic E-state index is 0.110. The lowest BCUT2D eigenvalue weighted by Gasteiger charge is -2.42. The number of cyclic esters (lactones) is 1. The Morgan fingerprint density at radius 2 is 1.64 bits per heavy atom. The van der Waals surface area contributed by atoms with Gasteiger partial charge in [-0.15, -0.1) is 0 Å². The summed E-state index contributed by atoms with van der Waals surface area (Å²) in [7, 11) is 0. The van der Waals surface area contributed by atoms with Gasteiger partial charge in [-0.25, -0.2) is 4.79 Å². The molecule has 33 heavy (non-hydrogen) atoms. The third-order valence-electron chi connectivity index (χ3n) is 6.45. The predicted molar refractivity (Wildman–Crippen MR) is 120 cm³/mol. The Hall–Kier alpha value is -2.90.